The first-order valence-corrected chi connectivity index (χ1v) is 18.5. The van der Waals surface area contributed by atoms with Gasteiger partial charge in [-0.15, -0.1) is 0 Å². The van der Waals surface area contributed by atoms with Crippen LogP contribution in [0.25, 0.3) is 0 Å². The van der Waals surface area contributed by atoms with Crippen molar-refractivity contribution >= 4 is 5.97 Å². The molecule has 0 aliphatic carbocycles. The van der Waals surface area contributed by atoms with Crippen molar-refractivity contribution in [2.75, 3.05) is 0 Å². The van der Waals surface area contributed by atoms with E-state index in [0.29, 0.717) is 6.42 Å². The summed E-state index contributed by atoms with van der Waals surface area (Å²) >= 11 is 0. The van der Waals surface area contributed by atoms with Gasteiger partial charge < -0.3 is 24.8 Å². The second-order valence-corrected chi connectivity index (χ2v) is 13.6. The van der Waals surface area contributed by atoms with Crippen LogP contribution < -0.4 is 0 Å². The molecule has 0 unspecified atom stereocenters. The van der Waals surface area contributed by atoms with Gasteiger partial charge in [0.1, 0.15) is 6.10 Å². The van der Waals surface area contributed by atoms with Crippen molar-refractivity contribution in [1.29, 1.82) is 0 Å². The summed E-state index contributed by atoms with van der Waals surface area (Å²) in [4.78, 5) is 11.6. The summed E-state index contributed by atoms with van der Waals surface area (Å²) in [7, 11) is 0. The van der Waals surface area contributed by atoms with E-state index in [0.717, 1.165) is 89.0 Å². The average Bonchev–Trinajstić information content (AvgIpc) is 3.61. The van der Waals surface area contributed by atoms with Crippen LogP contribution in [-0.4, -0.2) is 57.9 Å². The second-order valence-electron chi connectivity index (χ2n) is 13.6. The van der Waals surface area contributed by atoms with Crippen molar-refractivity contribution in [1.82, 2.24) is 0 Å². The molecule has 0 aromatic rings. The molecule has 0 spiro atoms. The Hall–Kier alpha value is -0.950. The number of aliphatic hydroxyl groups is 3. The molecule has 6 atom stereocenters. The van der Waals surface area contributed by atoms with Crippen molar-refractivity contribution in [2.45, 2.75) is 217 Å². The summed E-state index contributed by atoms with van der Waals surface area (Å²) in [5.41, 5.74) is 0.848. The molecule has 2 heterocycles. The minimum Gasteiger partial charge on any atom is -0.455 e. The van der Waals surface area contributed by atoms with Gasteiger partial charge in [-0.05, 0) is 64.4 Å². The SMILES string of the molecule is CCCCCCCCCCCC[C@@H](O)[C@H]1CC[C@H]([C@H](O)CCCC[C@@H](O)CCCCCCCCCC2=C[C@H](C)OC2=O)O1. The Balaban J connectivity index is 1.36. The Morgan fingerprint density at radius 1 is 0.651 bits per heavy atom. The fraction of sp³-hybridized carbons (Fsp3) is 0.919. The molecule has 0 aromatic heterocycles. The molecular weight excluding hydrogens is 540 g/mol. The third-order valence-electron chi connectivity index (χ3n) is 9.56. The van der Waals surface area contributed by atoms with Crippen LogP contribution in [0.15, 0.2) is 11.6 Å². The fourth-order valence-electron chi connectivity index (χ4n) is 6.74. The Morgan fingerprint density at radius 3 is 1.56 bits per heavy atom. The van der Waals surface area contributed by atoms with Crippen molar-refractivity contribution in [3.8, 4) is 0 Å². The van der Waals surface area contributed by atoms with E-state index in [2.05, 4.69) is 6.92 Å². The summed E-state index contributed by atoms with van der Waals surface area (Å²) < 4.78 is 11.2. The van der Waals surface area contributed by atoms with Crippen molar-refractivity contribution in [3.05, 3.63) is 11.6 Å². The Labute approximate surface area is 264 Å². The molecular formula is C37H68O6. The molecule has 0 radical (unpaired) electrons. The van der Waals surface area contributed by atoms with Gasteiger partial charge in [-0.25, -0.2) is 4.79 Å². The lowest BCUT2D eigenvalue weighted by Gasteiger charge is -2.22. The lowest BCUT2D eigenvalue weighted by molar-refractivity contribution is -0.139. The quantitative estimate of drug-likeness (QED) is 0.0606. The standard InChI is InChI=1S/C37H68O6/c1-3-4-5-6-7-8-9-13-16-19-25-33(39)35-27-28-36(43-35)34(40)26-21-20-24-32(38)23-18-15-12-10-11-14-17-22-31-29-30(2)42-37(31)41/h29-30,32-36,38-40H,3-28H2,1-2H3/t30-,32-,33+,34+,35+,36+/m0/s1. The number of carbonyl (C=O) groups excluding carboxylic acids is 1. The van der Waals surface area contributed by atoms with Gasteiger partial charge >= 0.3 is 5.97 Å². The zero-order chi connectivity index (χ0) is 31.1. The first-order chi connectivity index (χ1) is 20.9. The minimum atomic E-state index is -0.473. The molecule has 6 heteroatoms. The van der Waals surface area contributed by atoms with Crippen LogP contribution >= 0.6 is 0 Å². The number of ether oxygens (including phenoxy) is 2. The van der Waals surface area contributed by atoms with E-state index in [9.17, 15) is 20.1 Å². The Kier molecular flexibility index (Phi) is 21.6. The van der Waals surface area contributed by atoms with Gasteiger partial charge in [-0.2, -0.15) is 0 Å². The maximum absolute atomic E-state index is 11.6. The predicted molar refractivity (Wildman–Crippen MR) is 176 cm³/mol. The third-order valence-corrected chi connectivity index (χ3v) is 9.56. The highest BCUT2D eigenvalue weighted by molar-refractivity contribution is 5.90. The monoisotopic (exact) mass is 609 g/mol. The van der Waals surface area contributed by atoms with E-state index in [1.165, 1.54) is 77.0 Å². The minimum absolute atomic E-state index is 0.0615. The van der Waals surface area contributed by atoms with E-state index in [1.54, 1.807) is 0 Å². The van der Waals surface area contributed by atoms with Gasteiger partial charge in [0.25, 0.3) is 0 Å². The lowest BCUT2D eigenvalue weighted by Crippen LogP contribution is -2.31. The van der Waals surface area contributed by atoms with Crippen LogP contribution in [0.3, 0.4) is 0 Å². The van der Waals surface area contributed by atoms with Crippen molar-refractivity contribution in [2.24, 2.45) is 0 Å². The maximum Gasteiger partial charge on any atom is 0.334 e. The van der Waals surface area contributed by atoms with E-state index < -0.39 is 12.2 Å². The topological polar surface area (TPSA) is 96.2 Å². The predicted octanol–water partition coefficient (Wildman–Crippen LogP) is 8.87. The fourth-order valence-corrected chi connectivity index (χ4v) is 6.74. The zero-order valence-electron chi connectivity index (χ0n) is 28.0. The number of cyclic esters (lactones) is 1. The smallest absolute Gasteiger partial charge is 0.334 e. The molecule has 0 aromatic carbocycles. The number of rotatable bonds is 28. The molecule has 1 saturated heterocycles. The van der Waals surface area contributed by atoms with Gasteiger partial charge in [0.15, 0.2) is 0 Å². The van der Waals surface area contributed by atoms with Crippen LogP contribution in [0.4, 0.5) is 0 Å². The Bertz CT molecular complexity index is 724. The highest BCUT2D eigenvalue weighted by atomic mass is 16.5. The number of esters is 1. The third kappa shape index (κ3) is 18.0. The molecule has 2 rings (SSSR count). The molecule has 1 fully saturated rings. The lowest BCUT2D eigenvalue weighted by atomic mass is 9.99. The molecule has 6 nitrogen and oxygen atoms in total. The zero-order valence-corrected chi connectivity index (χ0v) is 28.0. The van der Waals surface area contributed by atoms with Gasteiger partial charge in [0, 0.05) is 5.57 Å². The van der Waals surface area contributed by atoms with Crippen LogP contribution in [0.2, 0.25) is 0 Å². The molecule has 43 heavy (non-hydrogen) atoms. The van der Waals surface area contributed by atoms with E-state index in [1.807, 2.05) is 13.0 Å². The normalized spacial score (nSPS) is 22.5. The maximum atomic E-state index is 11.6. The summed E-state index contributed by atoms with van der Waals surface area (Å²) in [6, 6.07) is 0. The molecule has 2 aliphatic heterocycles. The number of hydrogen-bond donors (Lipinski definition) is 3. The van der Waals surface area contributed by atoms with E-state index >= 15 is 0 Å². The van der Waals surface area contributed by atoms with Crippen LogP contribution in [-0.2, 0) is 14.3 Å². The summed E-state index contributed by atoms with van der Waals surface area (Å²) in [5, 5.41) is 31.6. The highest BCUT2D eigenvalue weighted by Crippen LogP contribution is 2.28. The molecule has 3 N–H and O–H groups in total. The van der Waals surface area contributed by atoms with Gasteiger partial charge in [0.2, 0.25) is 0 Å². The number of carbonyl (C=O) groups is 1. The highest BCUT2D eigenvalue weighted by Gasteiger charge is 2.34. The summed E-state index contributed by atoms with van der Waals surface area (Å²) in [5.74, 6) is -0.135. The van der Waals surface area contributed by atoms with Gasteiger partial charge in [0.05, 0.1) is 30.5 Å². The molecule has 0 saturated carbocycles. The van der Waals surface area contributed by atoms with E-state index in [-0.39, 0.29) is 30.4 Å². The first kappa shape index (κ1) is 38.2. The number of unbranched alkanes of at least 4 members (excludes halogenated alkanes) is 16. The summed E-state index contributed by atoms with van der Waals surface area (Å²) in [6.45, 7) is 4.16. The number of aliphatic hydroxyl groups excluding tert-OH is 3. The van der Waals surface area contributed by atoms with Gasteiger partial charge in [-0.1, -0.05) is 122 Å². The second kappa shape index (κ2) is 24.3. The van der Waals surface area contributed by atoms with E-state index in [4.69, 9.17) is 9.47 Å². The average molecular weight is 609 g/mol. The van der Waals surface area contributed by atoms with Crippen LogP contribution in [0, 0.1) is 0 Å². The molecule has 2 aliphatic rings. The Morgan fingerprint density at radius 2 is 1.07 bits per heavy atom. The van der Waals surface area contributed by atoms with Crippen molar-refractivity contribution in [3.63, 3.8) is 0 Å². The van der Waals surface area contributed by atoms with Crippen LogP contribution in [0.5, 0.6) is 0 Å². The summed E-state index contributed by atoms with van der Waals surface area (Å²) in [6.07, 6.45) is 29.0. The number of hydrogen-bond acceptors (Lipinski definition) is 6. The first-order valence-electron chi connectivity index (χ1n) is 18.5. The molecule has 0 bridgehead atoms. The molecule has 252 valence electrons. The molecule has 0 amide bonds. The van der Waals surface area contributed by atoms with Gasteiger partial charge in [-0.3, -0.25) is 0 Å². The van der Waals surface area contributed by atoms with Crippen LogP contribution in [0.1, 0.15) is 181 Å². The van der Waals surface area contributed by atoms with Crippen molar-refractivity contribution < 1.29 is 29.6 Å². The largest absolute Gasteiger partial charge is 0.455 e.